The highest BCUT2D eigenvalue weighted by Gasteiger charge is 2.24. The summed E-state index contributed by atoms with van der Waals surface area (Å²) in [7, 11) is -3.61. The first-order chi connectivity index (χ1) is 12.7. The quantitative estimate of drug-likeness (QED) is 0.514. The second-order valence-corrected chi connectivity index (χ2v) is 9.28. The molecule has 0 radical (unpaired) electrons. The van der Waals surface area contributed by atoms with E-state index >= 15 is 0 Å². The minimum Gasteiger partial charge on any atom is -0.463 e. The second-order valence-electron chi connectivity index (χ2n) is 7.70. The molecule has 1 aromatic carbocycles. The number of esters is 1. The van der Waals surface area contributed by atoms with Crippen LogP contribution >= 0.6 is 0 Å². The number of amides is 1. The smallest absolute Gasteiger partial charge is 0.407 e. The zero-order chi connectivity index (χ0) is 21.5. The van der Waals surface area contributed by atoms with E-state index < -0.39 is 33.7 Å². The van der Waals surface area contributed by atoms with Crippen molar-refractivity contribution in [3.8, 4) is 5.75 Å². The van der Waals surface area contributed by atoms with Gasteiger partial charge in [0.1, 0.15) is 11.4 Å². The Hall–Kier alpha value is -2.29. The molecule has 0 spiro atoms. The van der Waals surface area contributed by atoms with Gasteiger partial charge in [0, 0.05) is 6.54 Å². The normalized spacial score (nSPS) is 13.0. The molecule has 1 amide bonds. The van der Waals surface area contributed by atoms with Gasteiger partial charge in [0.2, 0.25) is 0 Å². The predicted octanol–water partition coefficient (Wildman–Crippen LogP) is 2.66. The van der Waals surface area contributed by atoms with Crippen molar-refractivity contribution < 1.29 is 31.7 Å². The third-order valence-electron chi connectivity index (χ3n) is 3.23. The highest BCUT2D eigenvalue weighted by atomic mass is 32.2. The number of alkyl carbamates (subject to hydrolysis) is 1. The molecule has 0 saturated carbocycles. The molecule has 0 aromatic heterocycles. The average molecular weight is 416 g/mol. The number of benzene rings is 1. The highest BCUT2D eigenvalue weighted by Crippen LogP contribution is 2.18. The number of ether oxygens (including phenoxy) is 2. The molecule has 0 aliphatic carbocycles. The fourth-order valence-corrected chi connectivity index (χ4v) is 2.69. The summed E-state index contributed by atoms with van der Waals surface area (Å²) >= 11 is 0. The zero-order valence-corrected chi connectivity index (χ0v) is 18.0. The fraction of sp³-hybridized carbons (Fsp3) is 0.579. The Morgan fingerprint density at radius 3 is 2.14 bits per heavy atom. The van der Waals surface area contributed by atoms with Gasteiger partial charge in [-0.3, -0.25) is 4.79 Å². The van der Waals surface area contributed by atoms with E-state index in [2.05, 4.69) is 5.32 Å². The predicted molar refractivity (Wildman–Crippen MR) is 105 cm³/mol. The molecule has 0 fully saturated rings. The summed E-state index contributed by atoms with van der Waals surface area (Å²) in [6, 6.07) is 6.32. The van der Waals surface area contributed by atoms with Crippen LogP contribution in [0.15, 0.2) is 24.3 Å². The maximum Gasteiger partial charge on any atom is 0.407 e. The largest absolute Gasteiger partial charge is 0.463 e. The van der Waals surface area contributed by atoms with Gasteiger partial charge < -0.3 is 19.0 Å². The first kappa shape index (κ1) is 23.7. The molecule has 0 saturated heterocycles. The Balaban J connectivity index is 2.82. The first-order valence-corrected chi connectivity index (χ1v) is 10.7. The lowest BCUT2D eigenvalue weighted by Crippen LogP contribution is -2.38. The van der Waals surface area contributed by atoms with Gasteiger partial charge in [-0.1, -0.05) is 12.1 Å². The summed E-state index contributed by atoms with van der Waals surface area (Å²) in [5.41, 5.74) is 0.116. The third-order valence-corrected chi connectivity index (χ3v) is 3.73. The maximum absolute atomic E-state index is 12.4. The lowest BCUT2D eigenvalue weighted by atomic mass is 9.99. The molecular weight excluding hydrogens is 386 g/mol. The van der Waals surface area contributed by atoms with Gasteiger partial charge in [0.25, 0.3) is 0 Å². The number of rotatable bonds is 8. The van der Waals surface area contributed by atoms with Crippen molar-refractivity contribution in [1.82, 2.24) is 5.32 Å². The Morgan fingerprint density at radius 2 is 1.68 bits per heavy atom. The van der Waals surface area contributed by atoms with E-state index in [0.717, 1.165) is 11.8 Å². The van der Waals surface area contributed by atoms with Crippen LogP contribution in [0.4, 0.5) is 4.79 Å². The molecule has 1 N–H and O–H groups in total. The molecule has 1 rings (SSSR count). The molecule has 1 unspecified atom stereocenters. The van der Waals surface area contributed by atoms with Crippen molar-refractivity contribution in [3.05, 3.63) is 29.8 Å². The summed E-state index contributed by atoms with van der Waals surface area (Å²) in [6.45, 7) is 8.77. The van der Waals surface area contributed by atoms with Crippen molar-refractivity contribution in [2.45, 2.75) is 52.7 Å². The minimum absolute atomic E-state index is 0.0437. The van der Waals surface area contributed by atoms with Crippen molar-refractivity contribution in [1.29, 1.82) is 0 Å². The molecule has 1 aromatic rings. The Kier molecular flexibility index (Phi) is 8.29. The van der Waals surface area contributed by atoms with Gasteiger partial charge in [0.15, 0.2) is 0 Å². The van der Waals surface area contributed by atoms with Gasteiger partial charge in [-0.25, -0.2) is 4.79 Å². The molecule has 1 atom stereocenters. The first-order valence-electron chi connectivity index (χ1n) is 8.91. The number of carbonyl (C=O) groups excluding carboxylic acids is 2. The van der Waals surface area contributed by atoms with Crippen molar-refractivity contribution >= 4 is 22.2 Å². The topological polar surface area (TPSA) is 108 Å². The van der Waals surface area contributed by atoms with E-state index in [0.29, 0.717) is 6.42 Å². The summed E-state index contributed by atoms with van der Waals surface area (Å²) in [5, 5.41) is 2.59. The lowest BCUT2D eigenvalue weighted by molar-refractivity contribution is -0.152. The highest BCUT2D eigenvalue weighted by molar-refractivity contribution is 7.86. The molecule has 0 aliphatic heterocycles. The Morgan fingerprint density at radius 1 is 1.11 bits per heavy atom. The molecule has 0 heterocycles. The molecule has 28 heavy (non-hydrogen) atoms. The SMILES string of the molecule is CC(C)OC(=O)C(CNC(=O)OC(C)(C)C)Cc1ccc(OS(C)(=O)=O)cc1. The summed E-state index contributed by atoms with van der Waals surface area (Å²) in [4.78, 5) is 24.3. The zero-order valence-electron chi connectivity index (χ0n) is 17.1. The standard InChI is InChI=1S/C19H29NO7S/c1-13(2)25-17(21)15(12-20-18(22)26-19(3,4)5)11-14-7-9-16(10-8-14)27-28(6,23)24/h7-10,13,15H,11-12H2,1-6H3,(H,20,22). The second kappa shape index (κ2) is 9.77. The van der Waals surface area contributed by atoms with E-state index in [-0.39, 0.29) is 18.4 Å². The van der Waals surface area contributed by atoms with Crippen LogP contribution in [0, 0.1) is 5.92 Å². The van der Waals surface area contributed by atoms with Crippen molar-refractivity contribution in [2.24, 2.45) is 5.92 Å². The van der Waals surface area contributed by atoms with Crippen LogP contribution in [-0.2, 0) is 30.8 Å². The molecule has 0 bridgehead atoms. The number of hydrogen-bond donors (Lipinski definition) is 1. The average Bonchev–Trinajstić information content (AvgIpc) is 2.49. The summed E-state index contributed by atoms with van der Waals surface area (Å²) in [5.74, 6) is -0.890. The van der Waals surface area contributed by atoms with E-state index in [4.69, 9.17) is 13.7 Å². The van der Waals surface area contributed by atoms with Crippen LogP contribution in [0.1, 0.15) is 40.2 Å². The minimum atomic E-state index is -3.61. The van der Waals surface area contributed by atoms with Gasteiger partial charge >= 0.3 is 22.2 Å². The molecule has 9 heteroatoms. The van der Waals surface area contributed by atoms with Gasteiger partial charge in [-0.05, 0) is 58.7 Å². The lowest BCUT2D eigenvalue weighted by Gasteiger charge is -2.22. The third kappa shape index (κ3) is 10.1. The molecule has 0 aliphatic rings. The van der Waals surface area contributed by atoms with Gasteiger partial charge in [-0.15, -0.1) is 0 Å². The number of nitrogens with one attached hydrogen (secondary N) is 1. The number of carbonyl (C=O) groups is 2. The van der Waals surface area contributed by atoms with Crippen LogP contribution < -0.4 is 9.50 Å². The fourth-order valence-electron chi connectivity index (χ4n) is 2.23. The van der Waals surface area contributed by atoms with Crippen LogP contribution in [-0.4, -0.2) is 45.0 Å². The van der Waals surface area contributed by atoms with Crippen LogP contribution in [0.25, 0.3) is 0 Å². The van der Waals surface area contributed by atoms with E-state index in [9.17, 15) is 18.0 Å². The molecule has 8 nitrogen and oxygen atoms in total. The molecule has 158 valence electrons. The van der Waals surface area contributed by atoms with Gasteiger partial charge in [0.05, 0.1) is 18.3 Å². The van der Waals surface area contributed by atoms with E-state index in [1.807, 2.05) is 0 Å². The van der Waals surface area contributed by atoms with Crippen molar-refractivity contribution in [2.75, 3.05) is 12.8 Å². The van der Waals surface area contributed by atoms with E-state index in [1.165, 1.54) is 12.1 Å². The van der Waals surface area contributed by atoms with Gasteiger partial charge in [-0.2, -0.15) is 8.42 Å². The monoisotopic (exact) mass is 415 g/mol. The molecular formula is C19H29NO7S. The summed E-state index contributed by atoms with van der Waals surface area (Å²) < 4.78 is 37.6. The van der Waals surface area contributed by atoms with Crippen LogP contribution in [0.2, 0.25) is 0 Å². The Labute approximate surface area is 166 Å². The summed E-state index contributed by atoms with van der Waals surface area (Å²) in [6.07, 6.45) is 0.343. The Bertz CT molecular complexity index is 764. The number of hydrogen-bond acceptors (Lipinski definition) is 7. The maximum atomic E-state index is 12.4. The van der Waals surface area contributed by atoms with Crippen LogP contribution in [0.3, 0.4) is 0 Å². The van der Waals surface area contributed by atoms with Crippen molar-refractivity contribution in [3.63, 3.8) is 0 Å². The van der Waals surface area contributed by atoms with Crippen LogP contribution in [0.5, 0.6) is 5.75 Å². The van der Waals surface area contributed by atoms with E-state index in [1.54, 1.807) is 46.8 Å².